The molecule has 3 amide bonds. The number of anilines is 2. The van der Waals surface area contributed by atoms with Crippen molar-refractivity contribution in [3.05, 3.63) is 88.6 Å². The minimum absolute atomic E-state index is 0.139. The number of methoxy groups -OCH3 is 1. The molecule has 14 nitrogen and oxygen atoms in total. The molecule has 3 aliphatic rings. The molecule has 7 rings (SSSR count). The van der Waals surface area contributed by atoms with Crippen LogP contribution in [0.4, 0.5) is 17.1 Å². The lowest BCUT2D eigenvalue weighted by atomic mass is 10.1. The van der Waals surface area contributed by atoms with Crippen LogP contribution in [0.3, 0.4) is 0 Å². The first-order valence-corrected chi connectivity index (χ1v) is 18.9. The molecule has 294 valence electrons. The number of aliphatic hydroxyl groups is 1. The number of nitrogens with zero attached hydrogens (tertiary/aromatic N) is 3. The SMILES string of the molecule is CNCCC=O.CO.COc1cc2c(cc1OCCCC(=O)NC1=CN(C)C(C(=O)Nc3ccc4sc(C=O)cc4c3)C1)N=CC1Cc3ccccc3N1C2=O. The summed E-state index contributed by atoms with van der Waals surface area (Å²) in [6, 6.07) is 18.0. The topological polar surface area (TPSA) is 179 Å². The summed E-state index contributed by atoms with van der Waals surface area (Å²) in [4.78, 5) is 68.9. The Morgan fingerprint density at radius 1 is 1.04 bits per heavy atom. The Morgan fingerprint density at radius 3 is 2.57 bits per heavy atom. The summed E-state index contributed by atoms with van der Waals surface area (Å²) in [5.41, 5.74) is 4.26. The predicted octanol–water partition coefficient (Wildman–Crippen LogP) is 4.87. The summed E-state index contributed by atoms with van der Waals surface area (Å²) in [6.45, 7) is 1.04. The fraction of sp³-hybridized carbons (Fsp3) is 0.317. The highest BCUT2D eigenvalue weighted by Gasteiger charge is 2.36. The van der Waals surface area contributed by atoms with Crippen LogP contribution in [0.5, 0.6) is 11.5 Å². The van der Waals surface area contributed by atoms with Crippen LogP contribution in [0, 0.1) is 0 Å². The fourth-order valence-electron chi connectivity index (χ4n) is 6.58. The van der Waals surface area contributed by atoms with Crippen LogP contribution in [0.2, 0.25) is 0 Å². The average Bonchev–Trinajstić information content (AvgIpc) is 3.90. The van der Waals surface area contributed by atoms with E-state index in [0.29, 0.717) is 64.7 Å². The lowest BCUT2D eigenvalue weighted by Gasteiger charge is -2.22. The maximum Gasteiger partial charge on any atom is 0.261 e. The molecule has 3 aromatic carbocycles. The summed E-state index contributed by atoms with van der Waals surface area (Å²) in [7, 11) is 6.14. The van der Waals surface area contributed by atoms with E-state index < -0.39 is 6.04 Å². The number of rotatable bonds is 13. The fourth-order valence-corrected chi connectivity index (χ4v) is 7.44. The molecule has 56 heavy (non-hydrogen) atoms. The van der Waals surface area contributed by atoms with Crippen molar-refractivity contribution < 1.29 is 38.6 Å². The molecular weight excluding hydrogens is 737 g/mol. The van der Waals surface area contributed by atoms with E-state index in [1.54, 1.807) is 41.2 Å². The Balaban J connectivity index is 0.000000687. The van der Waals surface area contributed by atoms with Gasteiger partial charge in [-0.1, -0.05) is 18.2 Å². The number of ether oxygens (including phenoxy) is 2. The molecule has 2 atom stereocenters. The van der Waals surface area contributed by atoms with E-state index in [0.717, 1.165) is 47.6 Å². The van der Waals surface area contributed by atoms with Crippen molar-refractivity contribution in [2.45, 2.75) is 44.2 Å². The molecule has 15 heteroatoms. The van der Waals surface area contributed by atoms with Gasteiger partial charge < -0.3 is 40.2 Å². The standard InChI is InChI=1S/C36H33N5O6S.C4H9NO.CH4O/c1-40-19-24(15-30(40)35(44)39-23-9-10-33-22(12-23)14-26(20-42)48-33)38-34(43)8-5-11-47-32-17-28-27(16-31(32)46-2)36(45)41-25(18-37-28)13-21-6-3-4-7-29(21)41;1-5-3-2-4-6;1-2/h3-4,6-7,9-10,12,14,16-20,25,30H,5,8,11,13,15H2,1-2H3,(H,38,43)(H,39,44);4-5H,2-3H2,1H3;2H,1H3. The number of amides is 3. The number of hydrogen-bond donors (Lipinski definition) is 4. The van der Waals surface area contributed by atoms with Gasteiger partial charge in [0.1, 0.15) is 12.3 Å². The van der Waals surface area contributed by atoms with Crippen LogP contribution < -0.4 is 30.3 Å². The highest BCUT2D eigenvalue weighted by atomic mass is 32.1. The molecule has 0 spiro atoms. The zero-order valence-corrected chi connectivity index (χ0v) is 32.6. The summed E-state index contributed by atoms with van der Waals surface area (Å²) in [6.07, 6.45) is 7.63. The quantitative estimate of drug-likeness (QED) is 0.108. The van der Waals surface area contributed by atoms with E-state index in [4.69, 9.17) is 14.6 Å². The zero-order valence-electron chi connectivity index (χ0n) is 31.7. The number of aldehydes is 2. The van der Waals surface area contributed by atoms with Crippen LogP contribution >= 0.6 is 11.3 Å². The van der Waals surface area contributed by atoms with Crippen molar-refractivity contribution in [2.24, 2.45) is 4.99 Å². The van der Waals surface area contributed by atoms with Crippen LogP contribution in [0.15, 0.2) is 77.6 Å². The van der Waals surface area contributed by atoms with Gasteiger partial charge in [-0.15, -0.1) is 11.3 Å². The number of benzene rings is 3. The first-order chi connectivity index (χ1) is 27.2. The van der Waals surface area contributed by atoms with Gasteiger partial charge in [0.25, 0.3) is 5.91 Å². The molecule has 0 aliphatic carbocycles. The third-order valence-electron chi connectivity index (χ3n) is 9.23. The Kier molecular flexibility index (Phi) is 14.5. The van der Waals surface area contributed by atoms with Gasteiger partial charge in [0.05, 0.1) is 35.9 Å². The molecule has 3 aliphatic heterocycles. The van der Waals surface area contributed by atoms with Gasteiger partial charge in [-0.05, 0) is 60.8 Å². The van der Waals surface area contributed by atoms with Crippen LogP contribution in [0.25, 0.3) is 10.1 Å². The van der Waals surface area contributed by atoms with Crippen LogP contribution in [0.1, 0.15) is 51.3 Å². The Hall–Kier alpha value is -5.90. The third kappa shape index (κ3) is 9.66. The molecule has 0 saturated carbocycles. The van der Waals surface area contributed by atoms with E-state index in [2.05, 4.69) is 20.9 Å². The number of nitrogens with one attached hydrogen (secondary N) is 3. The molecule has 0 fully saturated rings. The second-order valence-corrected chi connectivity index (χ2v) is 14.1. The molecule has 4 aromatic rings. The first-order valence-electron chi connectivity index (χ1n) is 18.1. The largest absolute Gasteiger partial charge is 0.493 e. The maximum atomic E-state index is 13.6. The van der Waals surface area contributed by atoms with Crippen molar-refractivity contribution in [2.75, 3.05) is 51.7 Å². The second kappa shape index (κ2) is 19.6. The van der Waals surface area contributed by atoms with E-state index >= 15 is 0 Å². The van der Waals surface area contributed by atoms with E-state index in [-0.39, 0.29) is 36.8 Å². The summed E-state index contributed by atoms with van der Waals surface area (Å²) in [5.74, 6) is 0.345. The molecule has 2 unspecified atom stereocenters. The number of fused-ring (bicyclic) bond motifs is 5. The van der Waals surface area contributed by atoms with Gasteiger partial charge in [0.2, 0.25) is 11.8 Å². The number of hydrogen-bond acceptors (Lipinski definition) is 12. The van der Waals surface area contributed by atoms with Crippen molar-refractivity contribution in [3.8, 4) is 11.5 Å². The monoisotopic (exact) mass is 782 g/mol. The van der Waals surface area contributed by atoms with Crippen molar-refractivity contribution >= 4 is 75.0 Å². The van der Waals surface area contributed by atoms with Gasteiger partial charge in [-0.25, -0.2) is 0 Å². The number of likely N-dealkylation sites (N-methyl/N-ethyl adjacent to an activating group) is 1. The molecule has 4 N–H and O–H groups in total. The molecule has 0 radical (unpaired) electrons. The minimum Gasteiger partial charge on any atom is -0.493 e. The Labute approximate surface area is 329 Å². The summed E-state index contributed by atoms with van der Waals surface area (Å²) >= 11 is 1.40. The molecule has 0 bridgehead atoms. The van der Waals surface area contributed by atoms with E-state index in [9.17, 15) is 24.0 Å². The Morgan fingerprint density at radius 2 is 1.84 bits per heavy atom. The van der Waals surface area contributed by atoms with Gasteiger partial charge in [-0.2, -0.15) is 0 Å². The minimum atomic E-state index is -0.478. The van der Waals surface area contributed by atoms with Gasteiger partial charge in [0, 0.05) is 86.6 Å². The summed E-state index contributed by atoms with van der Waals surface area (Å²) in [5, 5.41) is 16.6. The van der Waals surface area contributed by atoms with Crippen molar-refractivity contribution in [3.63, 3.8) is 0 Å². The van der Waals surface area contributed by atoms with Crippen molar-refractivity contribution in [1.82, 2.24) is 15.5 Å². The zero-order chi connectivity index (χ0) is 40.2. The molecule has 1 aromatic heterocycles. The van der Waals surface area contributed by atoms with Crippen molar-refractivity contribution in [1.29, 1.82) is 0 Å². The summed E-state index contributed by atoms with van der Waals surface area (Å²) < 4.78 is 12.5. The van der Waals surface area contributed by atoms with E-state index in [1.807, 2.05) is 55.7 Å². The predicted molar refractivity (Wildman–Crippen MR) is 218 cm³/mol. The molecule has 4 heterocycles. The lowest BCUT2D eigenvalue weighted by molar-refractivity contribution is -0.121. The first kappa shape index (κ1) is 41.3. The number of para-hydroxylation sites is 1. The number of carbonyl (C=O) groups excluding carboxylic acids is 5. The maximum absolute atomic E-state index is 13.6. The highest BCUT2D eigenvalue weighted by Crippen LogP contribution is 2.41. The normalized spacial score (nSPS) is 16.2. The van der Waals surface area contributed by atoms with Gasteiger partial charge >= 0.3 is 0 Å². The smallest absolute Gasteiger partial charge is 0.261 e. The molecule has 0 saturated heterocycles. The van der Waals surface area contributed by atoms with Gasteiger partial charge in [0.15, 0.2) is 17.8 Å². The number of carbonyl (C=O) groups is 5. The second-order valence-electron chi connectivity index (χ2n) is 13.0. The molecular formula is C41H46N6O8S. The Bertz CT molecular complexity index is 2130. The highest BCUT2D eigenvalue weighted by molar-refractivity contribution is 7.20. The van der Waals surface area contributed by atoms with Gasteiger partial charge in [-0.3, -0.25) is 29.1 Å². The van der Waals surface area contributed by atoms with Crippen LogP contribution in [-0.4, -0.2) is 100 Å². The lowest BCUT2D eigenvalue weighted by Crippen LogP contribution is -2.37. The average molecular weight is 783 g/mol. The third-order valence-corrected chi connectivity index (χ3v) is 10.3. The van der Waals surface area contributed by atoms with Crippen LogP contribution in [-0.2, 0) is 20.8 Å². The van der Waals surface area contributed by atoms with E-state index in [1.165, 1.54) is 18.4 Å². The number of aliphatic imine (C=N–C) groups is 1. The number of thiophene rings is 1. The number of aliphatic hydroxyl groups excluding tert-OH is 1.